The standard InChI is InChI=1S/C16H18FNO/c1-11-7-8-13(17)10-15(11)16(2,18)12-5-4-6-14(9-12)19-3/h4-10H,18H2,1-3H3. The van der Waals surface area contributed by atoms with Gasteiger partial charge in [0.15, 0.2) is 0 Å². The first kappa shape index (κ1) is 13.6. The average molecular weight is 259 g/mol. The summed E-state index contributed by atoms with van der Waals surface area (Å²) in [7, 11) is 1.61. The molecule has 0 spiro atoms. The summed E-state index contributed by atoms with van der Waals surface area (Å²) in [5.74, 6) is 0.461. The fraction of sp³-hybridized carbons (Fsp3) is 0.250. The van der Waals surface area contributed by atoms with E-state index < -0.39 is 5.54 Å². The van der Waals surface area contributed by atoms with Crippen molar-refractivity contribution in [2.45, 2.75) is 19.4 Å². The Kier molecular flexibility index (Phi) is 3.58. The van der Waals surface area contributed by atoms with E-state index in [9.17, 15) is 4.39 Å². The Morgan fingerprint density at radius 3 is 2.58 bits per heavy atom. The molecule has 0 aliphatic heterocycles. The lowest BCUT2D eigenvalue weighted by Crippen LogP contribution is -2.35. The van der Waals surface area contributed by atoms with E-state index in [0.717, 1.165) is 22.4 Å². The van der Waals surface area contributed by atoms with Crippen LogP contribution in [-0.4, -0.2) is 7.11 Å². The summed E-state index contributed by atoms with van der Waals surface area (Å²) in [5, 5.41) is 0. The SMILES string of the molecule is COc1cccc(C(C)(N)c2cc(F)ccc2C)c1. The molecule has 0 bridgehead atoms. The summed E-state index contributed by atoms with van der Waals surface area (Å²) in [5.41, 5.74) is 8.30. The highest BCUT2D eigenvalue weighted by atomic mass is 19.1. The number of ether oxygens (including phenoxy) is 1. The van der Waals surface area contributed by atoms with Crippen LogP contribution in [0.5, 0.6) is 5.75 Å². The van der Waals surface area contributed by atoms with Crippen LogP contribution in [0.3, 0.4) is 0 Å². The van der Waals surface area contributed by atoms with Crippen LogP contribution in [0.4, 0.5) is 4.39 Å². The van der Waals surface area contributed by atoms with Crippen molar-refractivity contribution < 1.29 is 9.13 Å². The van der Waals surface area contributed by atoms with Crippen molar-refractivity contribution in [3.8, 4) is 5.75 Å². The third kappa shape index (κ3) is 2.61. The Balaban J connectivity index is 2.54. The third-order valence-electron chi connectivity index (χ3n) is 3.43. The number of methoxy groups -OCH3 is 1. The molecule has 2 N–H and O–H groups in total. The van der Waals surface area contributed by atoms with Gasteiger partial charge in [0, 0.05) is 0 Å². The molecule has 0 aliphatic carbocycles. The van der Waals surface area contributed by atoms with Crippen LogP contribution >= 0.6 is 0 Å². The molecule has 3 heteroatoms. The van der Waals surface area contributed by atoms with Crippen molar-refractivity contribution >= 4 is 0 Å². The number of halogens is 1. The second-order valence-corrected chi connectivity index (χ2v) is 4.89. The minimum absolute atomic E-state index is 0.278. The maximum absolute atomic E-state index is 13.5. The highest BCUT2D eigenvalue weighted by Gasteiger charge is 2.26. The van der Waals surface area contributed by atoms with Gasteiger partial charge in [0.2, 0.25) is 0 Å². The van der Waals surface area contributed by atoms with Crippen LogP contribution in [0.1, 0.15) is 23.6 Å². The van der Waals surface area contributed by atoms with Crippen molar-refractivity contribution in [2.24, 2.45) is 5.73 Å². The lowest BCUT2D eigenvalue weighted by Gasteiger charge is -2.28. The van der Waals surface area contributed by atoms with Gasteiger partial charge in [-0.25, -0.2) is 4.39 Å². The van der Waals surface area contributed by atoms with Gasteiger partial charge in [-0.05, 0) is 54.8 Å². The topological polar surface area (TPSA) is 35.2 Å². The molecular weight excluding hydrogens is 241 g/mol. The van der Waals surface area contributed by atoms with Crippen molar-refractivity contribution in [2.75, 3.05) is 7.11 Å². The summed E-state index contributed by atoms with van der Waals surface area (Å²) in [6.45, 7) is 3.81. The van der Waals surface area contributed by atoms with Gasteiger partial charge in [0.05, 0.1) is 12.6 Å². The van der Waals surface area contributed by atoms with Crippen LogP contribution in [0, 0.1) is 12.7 Å². The molecule has 2 rings (SSSR count). The number of aryl methyl sites for hydroxylation is 1. The van der Waals surface area contributed by atoms with E-state index in [1.807, 2.05) is 38.1 Å². The Bertz CT molecular complexity index is 593. The van der Waals surface area contributed by atoms with Crippen LogP contribution in [0.25, 0.3) is 0 Å². The van der Waals surface area contributed by atoms with Crippen molar-refractivity contribution in [3.05, 3.63) is 65.0 Å². The molecule has 0 radical (unpaired) electrons. The summed E-state index contributed by atoms with van der Waals surface area (Å²) in [6, 6.07) is 12.2. The zero-order valence-corrected chi connectivity index (χ0v) is 11.4. The van der Waals surface area contributed by atoms with Crippen LogP contribution in [0.2, 0.25) is 0 Å². The fourth-order valence-electron chi connectivity index (χ4n) is 2.26. The summed E-state index contributed by atoms with van der Waals surface area (Å²) < 4.78 is 18.7. The fourth-order valence-corrected chi connectivity index (χ4v) is 2.26. The number of rotatable bonds is 3. The normalized spacial score (nSPS) is 13.9. The Morgan fingerprint density at radius 2 is 1.89 bits per heavy atom. The molecule has 2 nitrogen and oxygen atoms in total. The van der Waals surface area contributed by atoms with E-state index in [0.29, 0.717) is 0 Å². The first-order chi connectivity index (χ1) is 8.95. The van der Waals surface area contributed by atoms with E-state index in [2.05, 4.69) is 0 Å². The quantitative estimate of drug-likeness (QED) is 0.917. The van der Waals surface area contributed by atoms with E-state index in [1.165, 1.54) is 12.1 Å². The van der Waals surface area contributed by atoms with E-state index in [1.54, 1.807) is 13.2 Å². The van der Waals surface area contributed by atoms with Gasteiger partial charge in [-0.3, -0.25) is 0 Å². The summed E-state index contributed by atoms with van der Waals surface area (Å²) in [4.78, 5) is 0. The van der Waals surface area contributed by atoms with Crippen molar-refractivity contribution in [3.63, 3.8) is 0 Å². The van der Waals surface area contributed by atoms with Gasteiger partial charge in [-0.2, -0.15) is 0 Å². The minimum atomic E-state index is -0.763. The molecule has 2 aromatic carbocycles. The molecular formula is C16H18FNO. The minimum Gasteiger partial charge on any atom is -0.497 e. The van der Waals surface area contributed by atoms with Gasteiger partial charge in [0.1, 0.15) is 11.6 Å². The van der Waals surface area contributed by atoms with Crippen LogP contribution in [0.15, 0.2) is 42.5 Å². The smallest absolute Gasteiger partial charge is 0.123 e. The Hall–Kier alpha value is -1.87. The number of nitrogens with two attached hydrogens (primary N) is 1. The molecule has 0 saturated heterocycles. The number of benzene rings is 2. The molecule has 1 unspecified atom stereocenters. The van der Waals surface area contributed by atoms with Gasteiger partial charge in [-0.15, -0.1) is 0 Å². The molecule has 1 atom stereocenters. The van der Waals surface area contributed by atoms with Crippen LogP contribution in [-0.2, 0) is 5.54 Å². The maximum Gasteiger partial charge on any atom is 0.123 e. The molecule has 0 amide bonds. The van der Waals surface area contributed by atoms with Gasteiger partial charge >= 0.3 is 0 Å². The largest absolute Gasteiger partial charge is 0.497 e. The molecule has 0 saturated carbocycles. The first-order valence-corrected chi connectivity index (χ1v) is 6.15. The lowest BCUT2D eigenvalue weighted by atomic mass is 9.83. The summed E-state index contributed by atoms with van der Waals surface area (Å²) >= 11 is 0. The molecule has 0 heterocycles. The molecule has 2 aromatic rings. The Labute approximate surface area is 113 Å². The second-order valence-electron chi connectivity index (χ2n) is 4.89. The molecule has 0 aliphatic rings. The zero-order chi connectivity index (χ0) is 14.0. The number of hydrogen-bond acceptors (Lipinski definition) is 2. The van der Waals surface area contributed by atoms with E-state index >= 15 is 0 Å². The van der Waals surface area contributed by atoms with Crippen molar-refractivity contribution in [1.82, 2.24) is 0 Å². The second kappa shape index (κ2) is 5.02. The van der Waals surface area contributed by atoms with E-state index in [-0.39, 0.29) is 5.82 Å². The highest BCUT2D eigenvalue weighted by molar-refractivity contribution is 5.43. The highest BCUT2D eigenvalue weighted by Crippen LogP contribution is 2.31. The zero-order valence-electron chi connectivity index (χ0n) is 11.4. The summed E-state index contributed by atoms with van der Waals surface area (Å²) in [6.07, 6.45) is 0. The Morgan fingerprint density at radius 1 is 1.16 bits per heavy atom. The van der Waals surface area contributed by atoms with Crippen molar-refractivity contribution in [1.29, 1.82) is 0 Å². The van der Waals surface area contributed by atoms with Gasteiger partial charge < -0.3 is 10.5 Å². The molecule has 0 fully saturated rings. The number of hydrogen-bond donors (Lipinski definition) is 1. The predicted molar refractivity (Wildman–Crippen MR) is 74.8 cm³/mol. The van der Waals surface area contributed by atoms with Gasteiger partial charge in [-0.1, -0.05) is 18.2 Å². The van der Waals surface area contributed by atoms with Gasteiger partial charge in [0.25, 0.3) is 0 Å². The molecule has 0 aromatic heterocycles. The average Bonchev–Trinajstić information content (AvgIpc) is 2.41. The molecule has 19 heavy (non-hydrogen) atoms. The predicted octanol–water partition coefficient (Wildman–Crippen LogP) is 3.36. The van der Waals surface area contributed by atoms with E-state index in [4.69, 9.17) is 10.5 Å². The van der Waals surface area contributed by atoms with Crippen LogP contribution < -0.4 is 10.5 Å². The molecule has 100 valence electrons. The third-order valence-corrected chi connectivity index (χ3v) is 3.43. The maximum atomic E-state index is 13.5. The first-order valence-electron chi connectivity index (χ1n) is 6.15. The lowest BCUT2D eigenvalue weighted by molar-refractivity contribution is 0.413. The monoisotopic (exact) mass is 259 g/mol.